The first-order chi connectivity index (χ1) is 12.4. The van der Waals surface area contributed by atoms with E-state index in [0.717, 1.165) is 55.9 Å². The smallest absolute Gasteiger partial charge is 0.179 e. The number of ether oxygens (including phenoxy) is 1. The Morgan fingerprint density at radius 2 is 1.92 bits per heavy atom. The lowest BCUT2D eigenvalue weighted by Gasteiger charge is -2.07. The number of aromatic nitrogens is 2. The van der Waals surface area contributed by atoms with Crippen LogP contribution >= 0.6 is 0 Å². The van der Waals surface area contributed by atoms with Crippen LogP contribution in [0.1, 0.15) is 31.0 Å². The minimum absolute atomic E-state index is 0.703. The van der Waals surface area contributed by atoms with Gasteiger partial charge < -0.3 is 14.5 Å². The van der Waals surface area contributed by atoms with Crippen LogP contribution in [0.3, 0.4) is 0 Å². The Labute approximate surface area is 149 Å². The van der Waals surface area contributed by atoms with Gasteiger partial charge in [0, 0.05) is 25.4 Å². The molecule has 2 heterocycles. The molecule has 0 fully saturated rings. The highest BCUT2D eigenvalue weighted by atomic mass is 16.5. The van der Waals surface area contributed by atoms with Crippen molar-refractivity contribution in [3.63, 3.8) is 0 Å². The number of nitrogens with one attached hydrogen (secondary N) is 1. The highest BCUT2D eigenvalue weighted by Gasteiger charge is 2.07. The lowest BCUT2D eigenvalue weighted by Crippen LogP contribution is -2.17. The molecular formula is C21H27N3O. The van der Waals surface area contributed by atoms with Crippen LogP contribution in [-0.2, 0) is 12.8 Å². The Morgan fingerprint density at radius 1 is 1.04 bits per heavy atom. The topological polar surface area (TPSA) is 38.6 Å². The molecule has 0 saturated carbocycles. The van der Waals surface area contributed by atoms with Crippen LogP contribution in [0.2, 0.25) is 0 Å². The number of nitrogens with zero attached hydrogens (tertiary/aromatic N) is 2. The normalized spacial score (nSPS) is 11.1. The molecule has 4 heteroatoms. The molecule has 0 amide bonds. The van der Waals surface area contributed by atoms with Crippen LogP contribution in [0.4, 0.5) is 0 Å². The second kappa shape index (κ2) is 9.23. The summed E-state index contributed by atoms with van der Waals surface area (Å²) in [5.41, 5.74) is 3.36. The second-order valence-electron chi connectivity index (χ2n) is 6.27. The van der Waals surface area contributed by atoms with Crippen molar-refractivity contribution in [1.29, 1.82) is 0 Å². The number of imidazole rings is 1. The number of benzene rings is 1. The van der Waals surface area contributed by atoms with Gasteiger partial charge in [-0.1, -0.05) is 37.3 Å². The Balaban J connectivity index is 1.54. The van der Waals surface area contributed by atoms with Crippen molar-refractivity contribution in [2.75, 3.05) is 19.7 Å². The van der Waals surface area contributed by atoms with Crippen molar-refractivity contribution >= 4 is 5.65 Å². The fraction of sp³-hybridized carbons (Fsp3) is 0.381. The average Bonchev–Trinajstić information content (AvgIpc) is 3.07. The first kappa shape index (κ1) is 17.5. The molecule has 1 aromatic carbocycles. The van der Waals surface area contributed by atoms with Gasteiger partial charge in [0.2, 0.25) is 0 Å². The maximum Gasteiger partial charge on any atom is 0.179 e. The molecule has 3 rings (SSSR count). The van der Waals surface area contributed by atoms with E-state index in [1.165, 1.54) is 5.56 Å². The van der Waals surface area contributed by atoms with E-state index >= 15 is 0 Å². The minimum atomic E-state index is 0.703. The van der Waals surface area contributed by atoms with Gasteiger partial charge in [-0.3, -0.25) is 0 Å². The van der Waals surface area contributed by atoms with E-state index in [9.17, 15) is 0 Å². The Bertz CT molecular complexity index is 767. The lowest BCUT2D eigenvalue weighted by atomic mass is 10.1. The number of fused-ring (bicyclic) bond motifs is 1. The standard InChI is InChI=1S/C21H27N3O/c1-2-13-22-14-12-19-17-24-15-6-11-20(21(24)23-19)25-16-7-10-18-8-4-3-5-9-18/h3-6,8-9,11,15,17,22H,2,7,10,12-14,16H2,1H3. The van der Waals surface area contributed by atoms with Crippen molar-refractivity contribution in [2.24, 2.45) is 0 Å². The van der Waals surface area contributed by atoms with Crippen LogP contribution in [0.5, 0.6) is 5.75 Å². The third-order valence-corrected chi connectivity index (χ3v) is 4.19. The van der Waals surface area contributed by atoms with Crippen LogP contribution in [0.25, 0.3) is 5.65 Å². The summed E-state index contributed by atoms with van der Waals surface area (Å²) in [6.45, 7) is 4.91. The molecule has 0 aliphatic rings. The predicted molar refractivity (Wildman–Crippen MR) is 102 cm³/mol. The highest BCUT2D eigenvalue weighted by Crippen LogP contribution is 2.19. The van der Waals surface area contributed by atoms with Gasteiger partial charge in [-0.05, 0) is 43.5 Å². The van der Waals surface area contributed by atoms with Crippen molar-refractivity contribution in [1.82, 2.24) is 14.7 Å². The van der Waals surface area contributed by atoms with E-state index in [2.05, 4.69) is 47.1 Å². The quantitative estimate of drug-likeness (QED) is 0.571. The monoisotopic (exact) mass is 337 g/mol. The van der Waals surface area contributed by atoms with Crippen molar-refractivity contribution in [3.05, 3.63) is 66.1 Å². The van der Waals surface area contributed by atoms with Crippen LogP contribution < -0.4 is 10.1 Å². The molecule has 0 aliphatic carbocycles. The van der Waals surface area contributed by atoms with Gasteiger partial charge in [0.05, 0.1) is 12.3 Å². The van der Waals surface area contributed by atoms with Crippen LogP contribution in [0, 0.1) is 0 Å². The van der Waals surface area contributed by atoms with E-state index in [0.29, 0.717) is 6.61 Å². The summed E-state index contributed by atoms with van der Waals surface area (Å²) in [6.07, 6.45) is 8.26. The maximum absolute atomic E-state index is 6.00. The van der Waals surface area contributed by atoms with E-state index in [1.54, 1.807) is 0 Å². The molecule has 0 bridgehead atoms. The summed E-state index contributed by atoms with van der Waals surface area (Å²) < 4.78 is 8.06. The molecule has 25 heavy (non-hydrogen) atoms. The average molecular weight is 337 g/mol. The summed E-state index contributed by atoms with van der Waals surface area (Å²) >= 11 is 0. The molecule has 0 radical (unpaired) electrons. The summed E-state index contributed by atoms with van der Waals surface area (Å²) in [5, 5.41) is 3.42. The third kappa shape index (κ3) is 5.07. The molecule has 3 aromatic rings. The summed E-state index contributed by atoms with van der Waals surface area (Å²) in [4.78, 5) is 4.75. The fourth-order valence-electron chi connectivity index (χ4n) is 2.89. The fourth-order valence-corrected chi connectivity index (χ4v) is 2.89. The second-order valence-corrected chi connectivity index (χ2v) is 6.27. The Morgan fingerprint density at radius 3 is 2.76 bits per heavy atom. The van der Waals surface area contributed by atoms with Crippen LogP contribution in [-0.4, -0.2) is 29.1 Å². The SMILES string of the molecule is CCCNCCc1cn2cccc(OCCCc3ccccc3)c2n1. The Hall–Kier alpha value is -2.33. The third-order valence-electron chi connectivity index (χ3n) is 4.19. The van der Waals surface area contributed by atoms with E-state index in [-0.39, 0.29) is 0 Å². The van der Waals surface area contributed by atoms with Crippen molar-refractivity contribution in [3.8, 4) is 5.75 Å². The van der Waals surface area contributed by atoms with E-state index < -0.39 is 0 Å². The first-order valence-corrected chi connectivity index (χ1v) is 9.21. The van der Waals surface area contributed by atoms with Gasteiger partial charge in [0.25, 0.3) is 0 Å². The number of aryl methyl sites for hydroxylation is 1. The molecule has 1 N–H and O–H groups in total. The molecular weight excluding hydrogens is 310 g/mol. The molecule has 2 aromatic heterocycles. The molecule has 132 valence electrons. The van der Waals surface area contributed by atoms with E-state index in [1.807, 2.05) is 24.4 Å². The molecule has 0 spiro atoms. The number of rotatable bonds is 10. The number of pyridine rings is 1. The maximum atomic E-state index is 6.00. The Kier molecular flexibility index (Phi) is 6.46. The molecule has 0 unspecified atom stereocenters. The predicted octanol–water partition coefficient (Wildman–Crippen LogP) is 3.89. The van der Waals surface area contributed by atoms with Gasteiger partial charge in [-0.15, -0.1) is 0 Å². The zero-order chi connectivity index (χ0) is 17.3. The zero-order valence-electron chi connectivity index (χ0n) is 14.9. The summed E-state index contributed by atoms with van der Waals surface area (Å²) in [7, 11) is 0. The minimum Gasteiger partial charge on any atom is -0.490 e. The zero-order valence-corrected chi connectivity index (χ0v) is 14.9. The highest BCUT2D eigenvalue weighted by molar-refractivity contribution is 5.54. The molecule has 0 aliphatic heterocycles. The summed E-state index contributed by atoms with van der Waals surface area (Å²) in [6, 6.07) is 14.6. The summed E-state index contributed by atoms with van der Waals surface area (Å²) in [5.74, 6) is 0.864. The number of hydrogen-bond donors (Lipinski definition) is 1. The van der Waals surface area contributed by atoms with Crippen molar-refractivity contribution in [2.45, 2.75) is 32.6 Å². The molecule has 4 nitrogen and oxygen atoms in total. The number of hydrogen-bond acceptors (Lipinski definition) is 3. The van der Waals surface area contributed by atoms with Crippen LogP contribution in [0.15, 0.2) is 54.9 Å². The van der Waals surface area contributed by atoms with Gasteiger partial charge in [-0.2, -0.15) is 0 Å². The van der Waals surface area contributed by atoms with Gasteiger partial charge in [-0.25, -0.2) is 4.98 Å². The van der Waals surface area contributed by atoms with E-state index in [4.69, 9.17) is 9.72 Å². The van der Waals surface area contributed by atoms with Gasteiger partial charge in [0.1, 0.15) is 0 Å². The van der Waals surface area contributed by atoms with Gasteiger partial charge in [0.15, 0.2) is 11.4 Å². The van der Waals surface area contributed by atoms with Gasteiger partial charge >= 0.3 is 0 Å². The van der Waals surface area contributed by atoms with Crippen molar-refractivity contribution < 1.29 is 4.74 Å². The first-order valence-electron chi connectivity index (χ1n) is 9.21. The lowest BCUT2D eigenvalue weighted by molar-refractivity contribution is 0.313. The molecule has 0 atom stereocenters. The molecule has 0 saturated heterocycles. The largest absolute Gasteiger partial charge is 0.490 e.